The van der Waals surface area contributed by atoms with Crippen molar-refractivity contribution in [2.24, 2.45) is 5.73 Å². The van der Waals surface area contributed by atoms with E-state index in [1.54, 1.807) is 0 Å². The first kappa shape index (κ1) is 20.2. The fourth-order valence-corrected chi connectivity index (χ4v) is 2.38. The zero-order chi connectivity index (χ0) is 12.8. The molecule has 5 heteroatoms. The number of carbonyl (C=O) groups is 1. The lowest BCUT2D eigenvalue weighted by molar-refractivity contribution is -0.00000727. The van der Waals surface area contributed by atoms with E-state index in [-0.39, 0.29) is 12.4 Å². The van der Waals surface area contributed by atoms with Crippen LogP contribution in [0.2, 0.25) is 0 Å². The lowest BCUT2D eigenvalue weighted by Crippen LogP contribution is -3.00. The van der Waals surface area contributed by atoms with Crippen molar-refractivity contribution < 1.29 is 17.2 Å². The lowest BCUT2D eigenvalue weighted by atomic mass is 10.1. The third-order valence-electron chi connectivity index (χ3n) is 2.77. The average molecular weight is 296 g/mol. The molecule has 0 unspecified atom stereocenters. The summed E-state index contributed by atoms with van der Waals surface area (Å²) in [4.78, 5) is 10.4. The molecule has 3 nitrogen and oxygen atoms in total. The lowest BCUT2D eigenvalue weighted by Gasteiger charge is -2.02. The van der Waals surface area contributed by atoms with Gasteiger partial charge in [0.2, 0.25) is 0 Å². The highest BCUT2D eigenvalue weighted by molar-refractivity contribution is 7.97. The Labute approximate surface area is 123 Å². The minimum atomic E-state index is -0.443. The van der Waals surface area contributed by atoms with Crippen LogP contribution in [-0.4, -0.2) is 11.8 Å². The molecule has 0 aliphatic carbocycles. The van der Waals surface area contributed by atoms with Crippen LogP contribution in [0, 0.1) is 0 Å². The van der Waals surface area contributed by atoms with Crippen molar-refractivity contribution in [3.63, 3.8) is 0 Å². The van der Waals surface area contributed by atoms with Gasteiger partial charge >= 0.3 is 6.03 Å². The molecule has 0 aliphatic rings. The first-order chi connectivity index (χ1) is 8.27. The molecule has 0 spiro atoms. The van der Waals surface area contributed by atoms with E-state index in [1.807, 2.05) is 0 Å². The van der Waals surface area contributed by atoms with E-state index >= 15 is 0 Å². The van der Waals surface area contributed by atoms with Gasteiger partial charge in [-0.2, -0.15) is 0 Å². The summed E-state index contributed by atoms with van der Waals surface area (Å²) < 4.78 is 2.53. The van der Waals surface area contributed by atoms with Crippen molar-refractivity contribution in [3.05, 3.63) is 0 Å². The number of halogens is 1. The zero-order valence-corrected chi connectivity index (χ0v) is 13.1. The van der Waals surface area contributed by atoms with Crippen molar-refractivity contribution in [1.82, 2.24) is 4.72 Å². The number of urea groups is 1. The predicted octanol–water partition coefficient (Wildman–Crippen LogP) is 1.23. The van der Waals surface area contributed by atoms with Gasteiger partial charge in [0.15, 0.2) is 0 Å². The van der Waals surface area contributed by atoms with Gasteiger partial charge in [0.1, 0.15) is 0 Å². The summed E-state index contributed by atoms with van der Waals surface area (Å²) in [5.41, 5.74) is 4.95. The molecular formula is C13H28ClN2OS-. The molecule has 0 aliphatic heterocycles. The van der Waals surface area contributed by atoms with Gasteiger partial charge in [-0.25, -0.2) is 4.79 Å². The highest BCUT2D eigenvalue weighted by Gasteiger charge is 1.94. The summed E-state index contributed by atoms with van der Waals surface area (Å²) >= 11 is 1.41. The van der Waals surface area contributed by atoms with Crippen molar-refractivity contribution in [2.45, 2.75) is 71.1 Å². The molecule has 0 aromatic carbocycles. The smallest absolute Gasteiger partial charge is 0.322 e. The molecule has 0 saturated carbocycles. The van der Waals surface area contributed by atoms with Gasteiger partial charge in [-0.15, -0.1) is 0 Å². The minimum absolute atomic E-state index is 0. The predicted molar refractivity (Wildman–Crippen MR) is 77.0 cm³/mol. The molecule has 0 fully saturated rings. The van der Waals surface area contributed by atoms with Crippen molar-refractivity contribution in [1.29, 1.82) is 0 Å². The van der Waals surface area contributed by atoms with E-state index in [4.69, 9.17) is 5.73 Å². The molecule has 3 N–H and O–H groups in total. The van der Waals surface area contributed by atoms with Gasteiger partial charge in [0, 0.05) is 5.75 Å². The Morgan fingerprint density at radius 1 is 0.944 bits per heavy atom. The molecule has 0 heterocycles. The molecule has 18 heavy (non-hydrogen) atoms. The van der Waals surface area contributed by atoms with E-state index in [0.717, 1.165) is 5.75 Å². The van der Waals surface area contributed by atoms with Gasteiger partial charge in [-0.05, 0) is 18.4 Å². The normalized spacial score (nSPS) is 9.83. The second kappa shape index (κ2) is 16.9. The molecule has 110 valence electrons. The van der Waals surface area contributed by atoms with Crippen LogP contribution in [0.5, 0.6) is 0 Å². The third-order valence-corrected chi connectivity index (χ3v) is 3.61. The second-order valence-corrected chi connectivity index (χ2v) is 5.40. The summed E-state index contributed by atoms with van der Waals surface area (Å²) in [6.45, 7) is 2.26. The number of hydrogen-bond donors (Lipinski definition) is 2. The maximum atomic E-state index is 10.4. The molecule has 0 atom stereocenters. The number of hydrogen-bond acceptors (Lipinski definition) is 2. The van der Waals surface area contributed by atoms with Crippen molar-refractivity contribution >= 4 is 18.0 Å². The van der Waals surface area contributed by atoms with Crippen LogP contribution in [0.25, 0.3) is 0 Å². The van der Waals surface area contributed by atoms with Crippen LogP contribution in [-0.2, 0) is 0 Å². The molecule has 0 radical (unpaired) electrons. The van der Waals surface area contributed by atoms with E-state index in [2.05, 4.69) is 11.6 Å². The van der Waals surface area contributed by atoms with Crippen LogP contribution in [0.3, 0.4) is 0 Å². The van der Waals surface area contributed by atoms with Crippen LogP contribution >= 0.6 is 11.9 Å². The van der Waals surface area contributed by atoms with E-state index in [9.17, 15) is 4.79 Å². The first-order valence-corrected chi connectivity index (χ1v) is 7.93. The summed E-state index contributed by atoms with van der Waals surface area (Å²) in [5, 5.41) is 0. The maximum absolute atomic E-state index is 10.4. The molecule has 0 saturated heterocycles. The Hall–Kier alpha value is -0.0900. The van der Waals surface area contributed by atoms with Gasteiger partial charge in [0.05, 0.1) is 0 Å². The number of nitrogens with one attached hydrogen (secondary N) is 1. The second-order valence-electron chi connectivity index (χ2n) is 4.50. The highest BCUT2D eigenvalue weighted by Crippen LogP contribution is 2.11. The Kier molecular flexibility index (Phi) is 19.0. The summed E-state index contributed by atoms with van der Waals surface area (Å²) in [6, 6.07) is -0.443. The zero-order valence-electron chi connectivity index (χ0n) is 11.5. The molecule has 0 aromatic rings. The van der Waals surface area contributed by atoms with Crippen LogP contribution in [0.4, 0.5) is 4.79 Å². The van der Waals surface area contributed by atoms with Gasteiger partial charge in [-0.3, -0.25) is 4.72 Å². The van der Waals surface area contributed by atoms with E-state index in [0.29, 0.717) is 0 Å². The SMILES string of the molecule is CCCCCCCCCCCCSNC(N)=O.[Cl-]. The monoisotopic (exact) mass is 295 g/mol. The number of primary amides is 1. The minimum Gasteiger partial charge on any atom is -1.00 e. The molecule has 0 bridgehead atoms. The number of carbonyl (C=O) groups excluding carboxylic acids is 1. The third kappa shape index (κ3) is 18.3. The quantitative estimate of drug-likeness (QED) is 0.420. The Morgan fingerprint density at radius 2 is 1.39 bits per heavy atom. The highest BCUT2D eigenvalue weighted by atomic mass is 35.5. The largest absolute Gasteiger partial charge is 1.00 e. The molecule has 0 rings (SSSR count). The Morgan fingerprint density at radius 3 is 1.83 bits per heavy atom. The standard InChI is InChI=1S/C13H28N2OS.ClH/c1-2-3-4-5-6-7-8-9-10-11-12-17-15-13(14)16;/h2-12H2,1H3,(H3,14,15,16);1H/p-1. The fraction of sp³-hybridized carbons (Fsp3) is 0.923. The maximum Gasteiger partial charge on any atom is 0.322 e. The molecule has 0 aromatic heterocycles. The van der Waals surface area contributed by atoms with Crippen LogP contribution < -0.4 is 22.9 Å². The fourth-order valence-electron chi connectivity index (χ4n) is 1.78. The molecular weight excluding hydrogens is 268 g/mol. The van der Waals surface area contributed by atoms with E-state index < -0.39 is 6.03 Å². The van der Waals surface area contributed by atoms with E-state index in [1.165, 1.54) is 76.2 Å². The van der Waals surface area contributed by atoms with Crippen LogP contribution in [0.15, 0.2) is 0 Å². The number of nitrogens with two attached hydrogens (primary N) is 1. The first-order valence-electron chi connectivity index (χ1n) is 6.94. The summed E-state index contributed by atoms with van der Waals surface area (Å²) in [5.74, 6) is 0.972. The van der Waals surface area contributed by atoms with Gasteiger partial charge < -0.3 is 18.1 Å². The van der Waals surface area contributed by atoms with Crippen molar-refractivity contribution in [2.75, 3.05) is 5.75 Å². The Bertz CT molecular complexity index is 182. The number of amides is 2. The van der Waals surface area contributed by atoms with Gasteiger partial charge in [0.25, 0.3) is 0 Å². The molecule has 2 amide bonds. The van der Waals surface area contributed by atoms with Gasteiger partial charge in [-0.1, -0.05) is 64.7 Å². The average Bonchev–Trinajstić information content (AvgIpc) is 2.30. The summed E-state index contributed by atoms with van der Waals surface area (Å²) in [6.07, 6.45) is 13.4. The Balaban J connectivity index is 0. The van der Waals surface area contributed by atoms with Crippen molar-refractivity contribution in [3.8, 4) is 0 Å². The number of rotatable bonds is 12. The van der Waals surface area contributed by atoms with Crippen LogP contribution in [0.1, 0.15) is 71.1 Å². The summed E-state index contributed by atoms with van der Waals surface area (Å²) in [7, 11) is 0. The topological polar surface area (TPSA) is 55.1 Å². The number of unbranched alkanes of at least 4 members (excludes halogenated alkanes) is 9.